The number of carbonyl (C=O) groups excluding carboxylic acids is 1. The van der Waals surface area contributed by atoms with Crippen molar-refractivity contribution in [2.24, 2.45) is 0 Å². The molecule has 3 nitrogen and oxygen atoms in total. The first-order valence-electron chi connectivity index (χ1n) is 7.79. The Morgan fingerprint density at radius 3 is 2.59 bits per heavy atom. The molecular formula is C18H23NO2S. The molecule has 0 N–H and O–H groups in total. The maximum absolute atomic E-state index is 11.5. The molecule has 0 aliphatic rings. The van der Waals surface area contributed by atoms with Crippen LogP contribution in [0.15, 0.2) is 28.7 Å². The third-order valence-electron chi connectivity index (χ3n) is 3.53. The van der Waals surface area contributed by atoms with Gasteiger partial charge >= 0.3 is 0 Å². The van der Waals surface area contributed by atoms with Crippen molar-refractivity contribution < 1.29 is 9.21 Å². The zero-order chi connectivity index (χ0) is 15.9. The quantitative estimate of drug-likeness (QED) is 0.700. The van der Waals surface area contributed by atoms with E-state index in [0.29, 0.717) is 23.8 Å². The van der Waals surface area contributed by atoms with E-state index in [4.69, 9.17) is 4.42 Å². The summed E-state index contributed by atoms with van der Waals surface area (Å²) >= 11 is 1.61. The van der Waals surface area contributed by atoms with Gasteiger partial charge in [0.2, 0.25) is 5.89 Å². The highest BCUT2D eigenvalue weighted by Crippen LogP contribution is 2.24. The highest BCUT2D eigenvalue weighted by atomic mass is 32.2. The summed E-state index contributed by atoms with van der Waals surface area (Å²) in [5, 5.41) is 0. The number of rotatable bonds is 8. The topological polar surface area (TPSA) is 43.1 Å². The smallest absolute Gasteiger partial charge is 0.226 e. The van der Waals surface area contributed by atoms with Crippen molar-refractivity contribution in [3.8, 4) is 11.5 Å². The minimum atomic E-state index is 0.309. The van der Waals surface area contributed by atoms with Crippen molar-refractivity contribution >= 4 is 17.5 Å². The largest absolute Gasteiger partial charge is 0.441 e. The van der Waals surface area contributed by atoms with Crippen LogP contribution in [-0.4, -0.2) is 16.5 Å². The zero-order valence-corrected chi connectivity index (χ0v) is 14.3. The molecule has 2 rings (SSSR count). The fourth-order valence-electron chi connectivity index (χ4n) is 2.18. The molecule has 2 aromatic rings. The number of Topliss-reactive ketones (excluding diaryl/α,β-unsaturated/α-hetero) is 1. The molecule has 0 saturated heterocycles. The van der Waals surface area contributed by atoms with E-state index in [1.165, 1.54) is 5.56 Å². The molecule has 0 spiro atoms. The fraction of sp³-hybridized carbons (Fsp3) is 0.444. The third kappa shape index (κ3) is 4.47. The van der Waals surface area contributed by atoms with Crippen LogP contribution in [0.1, 0.15) is 43.7 Å². The van der Waals surface area contributed by atoms with Crippen molar-refractivity contribution in [3.63, 3.8) is 0 Å². The summed E-state index contributed by atoms with van der Waals surface area (Å²) in [6.45, 7) is 6.10. The van der Waals surface area contributed by atoms with E-state index in [2.05, 4.69) is 24.0 Å². The number of aryl methyl sites for hydroxylation is 2. The zero-order valence-electron chi connectivity index (χ0n) is 13.5. The predicted octanol–water partition coefficient (Wildman–Crippen LogP) is 4.81. The summed E-state index contributed by atoms with van der Waals surface area (Å²) in [4.78, 5) is 16.1. The Morgan fingerprint density at radius 1 is 1.23 bits per heavy atom. The monoisotopic (exact) mass is 317 g/mol. The Hall–Kier alpha value is -1.55. The van der Waals surface area contributed by atoms with E-state index < -0.39 is 0 Å². The van der Waals surface area contributed by atoms with Gasteiger partial charge in [-0.15, -0.1) is 11.8 Å². The number of hydrogen-bond acceptors (Lipinski definition) is 4. The Balaban J connectivity index is 1.99. The molecule has 1 aromatic carbocycles. The van der Waals surface area contributed by atoms with Gasteiger partial charge in [-0.05, 0) is 37.5 Å². The second kappa shape index (κ2) is 8.18. The standard InChI is InChI=1S/C18H23NO2S/c1-4-6-16(20)11-22-12-17-13(3)21-18(19-17)15-9-7-14(5-2)8-10-15/h7-10H,4-6,11-12H2,1-3H3. The highest BCUT2D eigenvalue weighted by molar-refractivity contribution is 7.99. The van der Waals surface area contributed by atoms with Gasteiger partial charge in [-0.3, -0.25) is 4.79 Å². The lowest BCUT2D eigenvalue weighted by Crippen LogP contribution is -2.00. The van der Waals surface area contributed by atoms with Crippen LogP contribution in [0.5, 0.6) is 0 Å². The van der Waals surface area contributed by atoms with Gasteiger partial charge in [0.05, 0.1) is 11.4 Å². The minimum absolute atomic E-state index is 0.309. The fourth-order valence-corrected chi connectivity index (χ4v) is 3.12. The van der Waals surface area contributed by atoms with Gasteiger partial charge in [-0.2, -0.15) is 0 Å². The van der Waals surface area contributed by atoms with Crippen LogP contribution in [0.2, 0.25) is 0 Å². The molecule has 0 aliphatic heterocycles. The molecule has 0 fully saturated rings. The molecule has 0 aliphatic carbocycles. The Morgan fingerprint density at radius 2 is 1.95 bits per heavy atom. The SMILES string of the molecule is CCCC(=O)CSCc1nc(-c2ccc(CC)cc2)oc1C. The van der Waals surface area contributed by atoms with Gasteiger partial charge in [0.1, 0.15) is 11.5 Å². The van der Waals surface area contributed by atoms with Crippen LogP contribution >= 0.6 is 11.8 Å². The van der Waals surface area contributed by atoms with Gasteiger partial charge in [0.25, 0.3) is 0 Å². The lowest BCUT2D eigenvalue weighted by atomic mass is 10.1. The molecule has 0 unspecified atom stereocenters. The summed E-state index contributed by atoms with van der Waals surface area (Å²) in [5.41, 5.74) is 3.24. The number of ketones is 1. The highest BCUT2D eigenvalue weighted by Gasteiger charge is 2.12. The van der Waals surface area contributed by atoms with Crippen molar-refractivity contribution in [3.05, 3.63) is 41.3 Å². The van der Waals surface area contributed by atoms with Gasteiger partial charge in [0, 0.05) is 17.7 Å². The van der Waals surface area contributed by atoms with Crippen molar-refractivity contribution in [1.29, 1.82) is 0 Å². The number of nitrogens with zero attached hydrogens (tertiary/aromatic N) is 1. The van der Waals surface area contributed by atoms with Crippen LogP contribution in [-0.2, 0) is 17.0 Å². The molecule has 0 amide bonds. The van der Waals surface area contributed by atoms with Crippen LogP contribution < -0.4 is 0 Å². The maximum atomic E-state index is 11.5. The first kappa shape index (κ1) is 16.8. The lowest BCUT2D eigenvalue weighted by Gasteiger charge is -1.98. The van der Waals surface area contributed by atoms with Gasteiger partial charge in [-0.1, -0.05) is 26.0 Å². The molecule has 4 heteroatoms. The van der Waals surface area contributed by atoms with Crippen LogP contribution in [0.4, 0.5) is 0 Å². The van der Waals surface area contributed by atoms with E-state index in [0.717, 1.165) is 35.6 Å². The maximum Gasteiger partial charge on any atom is 0.226 e. The summed E-state index contributed by atoms with van der Waals surface area (Å²) < 4.78 is 5.77. The van der Waals surface area contributed by atoms with Crippen molar-refractivity contribution in [1.82, 2.24) is 4.98 Å². The first-order valence-corrected chi connectivity index (χ1v) is 8.94. The molecule has 1 heterocycles. The van der Waals surface area contributed by atoms with Gasteiger partial charge in [-0.25, -0.2) is 4.98 Å². The summed E-state index contributed by atoms with van der Waals surface area (Å²) in [5.74, 6) is 3.09. The molecule has 118 valence electrons. The van der Waals surface area contributed by atoms with E-state index in [1.807, 2.05) is 26.0 Å². The summed E-state index contributed by atoms with van der Waals surface area (Å²) in [6, 6.07) is 8.30. The third-order valence-corrected chi connectivity index (χ3v) is 4.54. The Labute approximate surface area is 136 Å². The van der Waals surface area contributed by atoms with Crippen LogP contribution in [0.3, 0.4) is 0 Å². The number of thioether (sulfide) groups is 1. The van der Waals surface area contributed by atoms with Crippen LogP contribution in [0, 0.1) is 6.92 Å². The lowest BCUT2D eigenvalue weighted by molar-refractivity contribution is -0.116. The van der Waals surface area contributed by atoms with Crippen molar-refractivity contribution in [2.75, 3.05) is 5.75 Å². The number of hydrogen-bond donors (Lipinski definition) is 0. The molecule has 0 atom stereocenters. The summed E-state index contributed by atoms with van der Waals surface area (Å²) in [7, 11) is 0. The number of aromatic nitrogens is 1. The normalized spacial score (nSPS) is 10.9. The van der Waals surface area contributed by atoms with Gasteiger partial charge in [0.15, 0.2) is 0 Å². The van der Waals surface area contributed by atoms with Gasteiger partial charge < -0.3 is 4.42 Å². The average molecular weight is 317 g/mol. The molecule has 0 radical (unpaired) electrons. The number of carbonyl (C=O) groups is 1. The second-order valence-electron chi connectivity index (χ2n) is 5.35. The number of benzene rings is 1. The van der Waals surface area contributed by atoms with E-state index in [1.54, 1.807) is 11.8 Å². The molecule has 0 saturated carbocycles. The van der Waals surface area contributed by atoms with E-state index >= 15 is 0 Å². The average Bonchev–Trinajstić information content (AvgIpc) is 2.89. The predicted molar refractivity (Wildman–Crippen MR) is 92.1 cm³/mol. The molecule has 1 aromatic heterocycles. The first-order chi connectivity index (χ1) is 10.6. The molecule has 0 bridgehead atoms. The molecule has 22 heavy (non-hydrogen) atoms. The Kier molecular flexibility index (Phi) is 6.25. The minimum Gasteiger partial charge on any atom is -0.441 e. The Bertz CT molecular complexity index is 617. The van der Waals surface area contributed by atoms with E-state index in [9.17, 15) is 4.79 Å². The van der Waals surface area contributed by atoms with Crippen LogP contribution in [0.25, 0.3) is 11.5 Å². The summed E-state index contributed by atoms with van der Waals surface area (Å²) in [6.07, 6.45) is 2.61. The second-order valence-corrected chi connectivity index (χ2v) is 6.34. The number of oxazole rings is 1. The van der Waals surface area contributed by atoms with Crippen molar-refractivity contribution in [2.45, 2.75) is 45.8 Å². The van der Waals surface area contributed by atoms with E-state index in [-0.39, 0.29) is 0 Å². The molecular weight excluding hydrogens is 294 g/mol.